The molecule has 108 valence electrons. The van der Waals surface area contributed by atoms with Crippen LogP contribution in [0.15, 0.2) is 51.4 Å². The minimum Gasteiger partial charge on any atom is -0.254 e. The molecule has 1 N–H and O–H groups in total. The highest BCUT2D eigenvalue weighted by Crippen LogP contribution is 2.27. The number of aromatic nitrogens is 1. The summed E-state index contributed by atoms with van der Waals surface area (Å²) in [7, 11) is -3.59. The first-order chi connectivity index (χ1) is 10.0. The predicted octanol–water partition coefficient (Wildman–Crippen LogP) is 3.81. The molecule has 4 nitrogen and oxygen atoms in total. The quantitative estimate of drug-likeness (QED) is 0.785. The third-order valence-corrected chi connectivity index (χ3v) is 6.25. The van der Waals surface area contributed by atoms with Crippen LogP contribution in [0.3, 0.4) is 0 Å². The van der Waals surface area contributed by atoms with Crippen molar-refractivity contribution in [3.05, 3.63) is 53.0 Å². The molecule has 0 atom stereocenters. The third-order valence-electron chi connectivity index (χ3n) is 2.63. The van der Waals surface area contributed by atoms with Crippen LogP contribution < -0.4 is 4.72 Å². The SMILES string of the molecule is O=S(=O)(Nc1nc(-c2ccc(F)cc2)cs1)c1cccs1. The number of anilines is 1. The van der Waals surface area contributed by atoms with E-state index in [1.807, 2.05) is 0 Å². The van der Waals surface area contributed by atoms with Gasteiger partial charge in [0.25, 0.3) is 10.0 Å². The first-order valence-electron chi connectivity index (χ1n) is 5.82. The Labute approximate surface area is 129 Å². The van der Waals surface area contributed by atoms with E-state index in [1.54, 1.807) is 29.0 Å². The van der Waals surface area contributed by atoms with E-state index in [0.717, 1.165) is 16.9 Å². The van der Waals surface area contributed by atoms with Gasteiger partial charge in [-0.2, -0.15) is 0 Å². The molecule has 0 saturated carbocycles. The Morgan fingerprint density at radius 2 is 1.86 bits per heavy atom. The summed E-state index contributed by atoms with van der Waals surface area (Å²) in [4.78, 5) is 4.22. The molecule has 0 radical (unpaired) electrons. The summed E-state index contributed by atoms with van der Waals surface area (Å²) in [6, 6.07) is 9.07. The van der Waals surface area contributed by atoms with E-state index in [1.165, 1.54) is 29.5 Å². The number of halogens is 1. The molecule has 0 fully saturated rings. The normalized spacial score (nSPS) is 11.5. The highest BCUT2D eigenvalue weighted by Gasteiger charge is 2.17. The van der Waals surface area contributed by atoms with Gasteiger partial charge in [0.05, 0.1) is 5.69 Å². The Bertz CT molecular complexity index is 840. The van der Waals surface area contributed by atoms with Crippen molar-refractivity contribution in [2.75, 3.05) is 4.72 Å². The minimum absolute atomic E-state index is 0.237. The molecule has 0 saturated heterocycles. The van der Waals surface area contributed by atoms with E-state index < -0.39 is 10.0 Å². The standard InChI is InChI=1S/C13H9FN2O2S3/c14-10-5-3-9(4-6-10)11-8-20-13(15-11)16-21(17,18)12-2-1-7-19-12/h1-8H,(H,15,16). The van der Waals surface area contributed by atoms with Crippen LogP contribution in [0, 0.1) is 5.82 Å². The first kappa shape index (κ1) is 14.2. The number of nitrogens with one attached hydrogen (secondary N) is 1. The number of nitrogens with zero attached hydrogens (tertiary/aromatic N) is 1. The Hall–Kier alpha value is -1.77. The monoisotopic (exact) mass is 340 g/mol. The summed E-state index contributed by atoms with van der Waals surface area (Å²) in [6.45, 7) is 0. The molecule has 1 aromatic carbocycles. The van der Waals surface area contributed by atoms with Gasteiger partial charge in [-0.25, -0.2) is 17.8 Å². The molecule has 0 bridgehead atoms. The van der Waals surface area contributed by atoms with Gasteiger partial charge in [-0.05, 0) is 35.7 Å². The van der Waals surface area contributed by atoms with Gasteiger partial charge < -0.3 is 0 Å². The van der Waals surface area contributed by atoms with Crippen molar-refractivity contribution >= 4 is 37.8 Å². The van der Waals surface area contributed by atoms with Crippen molar-refractivity contribution in [1.29, 1.82) is 0 Å². The number of hydrogen-bond acceptors (Lipinski definition) is 5. The zero-order valence-electron chi connectivity index (χ0n) is 10.5. The molecule has 0 spiro atoms. The molecular formula is C13H9FN2O2S3. The molecule has 8 heteroatoms. The fourth-order valence-corrected chi connectivity index (χ4v) is 4.62. The van der Waals surface area contributed by atoms with E-state index in [0.29, 0.717) is 5.69 Å². The Morgan fingerprint density at radius 1 is 1.10 bits per heavy atom. The average Bonchev–Trinajstić information content (AvgIpc) is 3.10. The number of sulfonamides is 1. The molecule has 0 aliphatic rings. The van der Waals surface area contributed by atoms with Crippen molar-refractivity contribution in [2.24, 2.45) is 0 Å². The second-order valence-electron chi connectivity index (χ2n) is 4.08. The fourth-order valence-electron chi connectivity index (χ4n) is 1.66. The zero-order chi connectivity index (χ0) is 14.9. The van der Waals surface area contributed by atoms with Gasteiger partial charge in [0.2, 0.25) is 0 Å². The molecular weight excluding hydrogens is 331 g/mol. The zero-order valence-corrected chi connectivity index (χ0v) is 12.9. The first-order valence-corrected chi connectivity index (χ1v) is 9.07. The van der Waals surface area contributed by atoms with E-state index in [9.17, 15) is 12.8 Å². The minimum atomic E-state index is -3.59. The van der Waals surface area contributed by atoms with Gasteiger partial charge >= 0.3 is 0 Å². The highest BCUT2D eigenvalue weighted by atomic mass is 32.2. The number of hydrogen-bond donors (Lipinski definition) is 1. The Balaban J connectivity index is 1.84. The van der Waals surface area contributed by atoms with Crippen LogP contribution in [0.1, 0.15) is 0 Å². The summed E-state index contributed by atoms with van der Waals surface area (Å²) in [6.07, 6.45) is 0. The van der Waals surface area contributed by atoms with Gasteiger partial charge in [0.15, 0.2) is 5.13 Å². The number of rotatable bonds is 4. The van der Waals surface area contributed by atoms with E-state index in [-0.39, 0.29) is 15.2 Å². The van der Waals surface area contributed by atoms with Crippen LogP contribution in [-0.2, 0) is 10.0 Å². The largest absolute Gasteiger partial charge is 0.273 e. The smallest absolute Gasteiger partial charge is 0.254 e. The lowest BCUT2D eigenvalue weighted by molar-refractivity contribution is 0.603. The fraction of sp³-hybridized carbons (Fsp3) is 0. The Morgan fingerprint density at radius 3 is 2.52 bits per heavy atom. The molecule has 0 unspecified atom stereocenters. The molecule has 21 heavy (non-hydrogen) atoms. The predicted molar refractivity (Wildman–Crippen MR) is 82.6 cm³/mol. The van der Waals surface area contributed by atoms with Crippen LogP contribution in [0.25, 0.3) is 11.3 Å². The van der Waals surface area contributed by atoms with Gasteiger partial charge in [-0.3, -0.25) is 4.72 Å². The highest BCUT2D eigenvalue weighted by molar-refractivity contribution is 7.94. The van der Waals surface area contributed by atoms with Crippen molar-refractivity contribution in [3.8, 4) is 11.3 Å². The topological polar surface area (TPSA) is 59.1 Å². The number of benzene rings is 1. The second kappa shape index (κ2) is 5.55. The maximum absolute atomic E-state index is 12.9. The van der Waals surface area contributed by atoms with Crippen LogP contribution >= 0.6 is 22.7 Å². The van der Waals surface area contributed by atoms with E-state index >= 15 is 0 Å². The lowest BCUT2D eigenvalue weighted by Gasteiger charge is -2.01. The van der Waals surface area contributed by atoms with Gasteiger partial charge in [0.1, 0.15) is 10.0 Å². The molecule has 3 aromatic rings. The Kier molecular flexibility index (Phi) is 3.75. The summed E-state index contributed by atoms with van der Waals surface area (Å²) < 4.78 is 39.7. The van der Waals surface area contributed by atoms with Gasteiger partial charge in [-0.15, -0.1) is 22.7 Å². The summed E-state index contributed by atoms with van der Waals surface area (Å²) in [5, 5.41) is 3.70. The van der Waals surface area contributed by atoms with E-state index in [4.69, 9.17) is 0 Å². The van der Waals surface area contributed by atoms with Crippen LogP contribution in [-0.4, -0.2) is 13.4 Å². The number of thiophene rings is 1. The van der Waals surface area contributed by atoms with Crippen molar-refractivity contribution in [1.82, 2.24) is 4.98 Å². The van der Waals surface area contributed by atoms with Crippen LogP contribution in [0.5, 0.6) is 0 Å². The maximum Gasteiger partial charge on any atom is 0.273 e. The molecule has 2 aromatic heterocycles. The molecule has 0 amide bonds. The van der Waals surface area contributed by atoms with Crippen molar-refractivity contribution in [2.45, 2.75) is 4.21 Å². The lowest BCUT2D eigenvalue weighted by Crippen LogP contribution is -2.11. The second-order valence-corrected chi connectivity index (χ2v) is 7.80. The molecule has 3 rings (SSSR count). The summed E-state index contributed by atoms with van der Waals surface area (Å²) in [5.74, 6) is -0.326. The van der Waals surface area contributed by atoms with Crippen LogP contribution in [0.2, 0.25) is 0 Å². The summed E-state index contributed by atoms with van der Waals surface area (Å²) in [5.41, 5.74) is 1.33. The average molecular weight is 340 g/mol. The number of thiazole rings is 1. The molecule has 2 heterocycles. The van der Waals surface area contributed by atoms with Crippen LogP contribution in [0.4, 0.5) is 9.52 Å². The third kappa shape index (κ3) is 3.12. The van der Waals surface area contributed by atoms with Gasteiger partial charge in [0, 0.05) is 10.9 Å². The van der Waals surface area contributed by atoms with Crippen molar-refractivity contribution < 1.29 is 12.8 Å². The summed E-state index contributed by atoms with van der Waals surface area (Å²) >= 11 is 2.32. The van der Waals surface area contributed by atoms with Crippen molar-refractivity contribution in [3.63, 3.8) is 0 Å². The molecule has 0 aliphatic heterocycles. The van der Waals surface area contributed by atoms with Gasteiger partial charge in [-0.1, -0.05) is 6.07 Å². The van der Waals surface area contributed by atoms with E-state index in [2.05, 4.69) is 9.71 Å². The maximum atomic E-state index is 12.9. The molecule has 0 aliphatic carbocycles. The lowest BCUT2D eigenvalue weighted by atomic mass is 10.2.